The average molecular weight is 221 g/mol. The van der Waals surface area contributed by atoms with Gasteiger partial charge in [-0.15, -0.1) is 0 Å². The summed E-state index contributed by atoms with van der Waals surface area (Å²) in [6, 6.07) is 3.84. The molecule has 0 aromatic carbocycles. The first-order chi connectivity index (χ1) is 7.75. The lowest BCUT2D eigenvalue weighted by molar-refractivity contribution is 0.0576. The van der Waals surface area contributed by atoms with E-state index in [9.17, 15) is 0 Å². The molecule has 1 saturated heterocycles. The molecule has 4 nitrogen and oxygen atoms in total. The zero-order chi connectivity index (χ0) is 11.4. The molecule has 0 spiro atoms. The van der Waals surface area contributed by atoms with Crippen molar-refractivity contribution >= 4 is 11.5 Å². The monoisotopic (exact) mass is 221 g/mol. The second-order valence-electron chi connectivity index (χ2n) is 4.41. The van der Waals surface area contributed by atoms with Gasteiger partial charge in [0.05, 0.1) is 18.5 Å². The Morgan fingerprint density at radius 1 is 1.56 bits per heavy atom. The number of anilines is 2. The van der Waals surface area contributed by atoms with Crippen LogP contribution >= 0.6 is 0 Å². The summed E-state index contributed by atoms with van der Waals surface area (Å²) in [5.74, 6) is 1.60. The van der Waals surface area contributed by atoms with Crippen LogP contribution in [0.5, 0.6) is 0 Å². The van der Waals surface area contributed by atoms with Crippen LogP contribution < -0.4 is 10.6 Å². The minimum absolute atomic E-state index is 0.623. The molecule has 4 heteroatoms. The van der Waals surface area contributed by atoms with Gasteiger partial charge in [-0.25, -0.2) is 4.98 Å². The molecule has 0 saturated carbocycles. The molecule has 1 aromatic heterocycles. The third-order valence-electron chi connectivity index (χ3n) is 2.95. The van der Waals surface area contributed by atoms with E-state index in [-0.39, 0.29) is 0 Å². The van der Waals surface area contributed by atoms with E-state index in [0.29, 0.717) is 11.6 Å². The van der Waals surface area contributed by atoms with E-state index in [1.54, 1.807) is 6.20 Å². The van der Waals surface area contributed by atoms with Crippen molar-refractivity contribution in [3.8, 4) is 0 Å². The van der Waals surface area contributed by atoms with Crippen LogP contribution in [0.15, 0.2) is 18.3 Å². The molecule has 0 amide bonds. The van der Waals surface area contributed by atoms with E-state index in [2.05, 4.69) is 16.9 Å². The van der Waals surface area contributed by atoms with Crippen LogP contribution in [0.3, 0.4) is 0 Å². The van der Waals surface area contributed by atoms with Crippen molar-refractivity contribution in [2.24, 2.45) is 5.92 Å². The smallest absolute Gasteiger partial charge is 0.128 e. The van der Waals surface area contributed by atoms with Gasteiger partial charge in [0.25, 0.3) is 0 Å². The van der Waals surface area contributed by atoms with Crippen LogP contribution in [0, 0.1) is 5.92 Å². The third-order valence-corrected chi connectivity index (χ3v) is 2.95. The van der Waals surface area contributed by atoms with Gasteiger partial charge in [0.1, 0.15) is 5.82 Å². The zero-order valence-electron chi connectivity index (χ0n) is 9.72. The Morgan fingerprint density at radius 2 is 2.44 bits per heavy atom. The zero-order valence-corrected chi connectivity index (χ0v) is 9.72. The van der Waals surface area contributed by atoms with Gasteiger partial charge in [0.15, 0.2) is 0 Å². The molecule has 0 radical (unpaired) electrons. The fourth-order valence-electron chi connectivity index (χ4n) is 2.06. The number of rotatable bonds is 3. The summed E-state index contributed by atoms with van der Waals surface area (Å²) >= 11 is 0. The first-order valence-corrected chi connectivity index (χ1v) is 5.76. The van der Waals surface area contributed by atoms with Gasteiger partial charge in [-0.05, 0) is 30.9 Å². The Labute approximate surface area is 96.4 Å². The summed E-state index contributed by atoms with van der Waals surface area (Å²) in [5, 5.41) is 0. The Kier molecular flexibility index (Phi) is 3.62. The van der Waals surface area contributed by atoms with E-state index < -0.39 is 0 Å². The average Bonchev–Trinajstić information content (AvgIpc) is 2.31. The summed E-state index contributed by atoms with van der Waals surface area (Å²) in [4.78, 5) is 6.47. The van der Waals surface area contributed by atoms with Crippen molar-refractivity contribution in [2.45, 2.75) is 12.8 Å². The second-order valence-corrected chi connectivity index (χ2v) is 4.41. The molecule has 16 heavy (non-hydrogen) atoms. The minimum Gasteiger partial charge on any atom is -0.397 e. The Hall–Kier alpha value is -1.29. The van der Waals surface area contributed by atoms with Crippen LogP contribution in [-0.2, 0) is 4.74 Å². The highest BCUT2D eigenvalue weighted by atomic mass is 16.5. The summed E-state index contributed by atoms with van der Waals surface area (Å²) in [5.41, 5.74) is 6.32. The van der Waals surface area contributed by atoms with E-state index in [0.717, 1.165) is 25.6 Å². The van der Waals surface area contributed by atoms with Gasteiger partial charge >= 0.3 is 0 Å². The molecule has 2 N–H and O–H groups in total. The standard InChI is InChI=1S/C12H19N3O/c1-15(8-10-3-2-6-16-9-10)12-5-4-11(13)7-14-12/h4-5,7,10H,2-3,6,8-9,13H2,1H3. The fourth-order valence-corrected chi connectivity index (χ4v) is 2.06. The molecule has 2 heterocycles. The third kappa shape index (κ3) is 2.85. The summed E-state index contributed by atoms with van der Waals surface area (Å²) in [7, 11) is 2.06. The normalized spacial score (nSPS) is 20.7. The Balaban J connectivity index is 1.91. The number of nitrogens with two attached hydrogens (primary N) is 1. The van der Waals surface area contributed by atoms with Crippen molar-refractivity contribution in [2.75, 3.05) is 37.4 Å². The lowest BCUT2D eigenvalue weighted by Gasteiger charge is -2.27. The number of nitrogen functional groups attached to an aromatic ring is 1. The number of pyridine rings is 1. The summed E-state index contributed by atoms with van der Waals surface area (Å²) < 4.78 is 5.47. The van der Waals surface area contributed by atoms with Crippen molar-refractivity contribution in [1.29, 1.82) is 0 Å². The van der Waals surface area contributed by atoms with Crippen molar-refractivity contribution in [1.82, 2.24) is 4.98 Å². The maximum absolute atomic E-state index is 5.61. The fraction of sp³-hybridized carbons (Fsp3) is 0.583. The summed E-state index contributed by atoms with van der Waals surface area (Å²) in [6.07, 6.45) is 4.12. The quantitative estimate of drug-likeness (QED) is 0.841. The predicted molar refractivity (Wildman–Crippen MR) is 65.5 cm³/mol. The highest BCUT2D eigenvalue weighted by Gasteiger charge is 2.16. The summed E-state index contributed by atoms with van der Waals surface area (Å²) in [6.45, 7) is 2.79. The van der Waals surface area contributed by atoms with Crippen LogP contribution in [0.2, 0.25) is 0 Å². The maximum Gasteiger partial charge on any atom is 0.128 e. The van der Waals surface area contributed by atoms with Crippen LogP contribution in [0.1, 0.15) is 12.8 Å². The first-order valence-electron chi connectivity index (χ1n) is 5.76. The van der Waals surface area contributed by atoms with E-state index in [1.807, 2.05) is 12.1 Å². The molecule has 0 bridgehead atoms. The van der Waals surface area contributed by atoms with Gasteiger partial charge in [-0.2, -0.15) is 0 Å². The van der Waals surface area contributed by atoms with Gasteiger partial charge in [0, 0.05) is 20.2 Å². The largest absolute Gasteiger partial charge is 0.397 e. The number of hydrogen-bond donors (Lipinski definition) is 1. The van der Waals surface area contributed by atoms with Gasteiger partial charge in [-0.3, -0.25) is 0 Å². The van der Waals surface area contributed by atoms with Crippen molar-refractivity contribution < 1.29 is 4.74 Å². The SMILES string of the molecule is CN(CC1CCCOC1)c1ccc(N)cn1. The highest BCUT2D eigenvalue weighted by Crippen LogP contribution is 2.17. The maximum atomic E-state index is 5.61. The molecular formula is C12H19N3O. The first kappa shape index (κ1) is 11.2. The molecule has 2 rings (SSSR count). The Bertz CT molecular complexity index is 320. The van der Waals surface area contributed by atoms with Crippen molar-refractivity contribution in [3.63, 3.8) is 0 Å². The minimum atomic E-state index is 0.623. The predicted octanol–water partition coefficient (Wildman–Crippen LogP) is 1.53. The van der Waals surface area contributed by atoms with Crippen LogP contribution in [0.4, 0.5) is 11.5 Å². The topological polar surface area (TPSA) is 51.4 Å². The molecular weight excluding hydrogens is 202 g/mol. The number of aromatic nitrogens is 1. The molecule has 1 unspecified atom stereocenters. The Morgan fingerprint density at radius 3 is 3.06 bits per heavy atom. The van der Waals surface area contributed by atoms with E-state index in [1.165, 1.54) is 12.8 Å². The van der Waals surface area contributed by atoms with Crippen molar-refractivity contribution in [3.05, 3.63) is 18.3 Å². The van der Waals surface area contributed by atoms with Crippen LogP contribution in [-0.4, -0.2) is 31.8 Å². The molecule has 1 aliphatic rings. The number of ether oxygens (including phenoxy) is 1. The van der Waals surface area contributed by atoms with Gasteiger partial charge in [0.2, 0.25) is 0 Å². The molecule has 1 atom stereocenters. The lowest BCUT2D eigenvalue weighted by Crippen LogP contribution is -2.31. The molecule has 1 aromatic rings. The van der Waals surface area contributed by atoms with Gasteiger partial charge in [-0.1, -0.05) is 0 Å². The van der Waals surface area contributed by atoms with E-state index in [4.69, 9.17) is 10.5 Å². The van der Waals surface area contributed by atoms with E-state index >= 15 is 0 Å². The molecule has 1 aliphatic heterocycles. The number of hydrogen-bond acceptors (Lipinski definition) is 4. The molecule has 1 fully saturated rings. The van der Waals surface area contributed by atoms with Gasteiger partial charge < -0.3 is 15.4 Å². The van der Waals surface area contributed by atoms with Crippen LogP contribution in [0.25, 0.3) is 0 Å². The lowest BCUT2D eigenvalue weighted by atomic mass is 10.0. The highest BCUT2D eigenvalue weighted by molar-refractivity contribution is 5.45. The number of nitrogens with zero attached hydrogens (tertiary/aromatic N) is 2. The molecule has 88 valence electrons. The molecule has 0 aliphatic carbocycles. The second kappa shape index (κ2) is 5.16.